The number of carbonyl (C=O) groups excluding carboxylic acids is 5. The molecule has 110 heavy (non-hydrogen) atoms. The number of pyridine rings is 4. The minimum absolute atomic E-state index is 0.121. The smallest absolute Gasteiger partial charge is 0.407 e. The van der Waals surface area contributed by atoms with Crippen LogP contribution in [-0.4, -0.2) is 183 Å². The molecule has 598 valence electrons. The zero-order valence-electron chi connectivity index (χ0n) is 64.7. The van der Waals surface area contributed by atoms with Crippen LogP contribution >= 0.6 is 58.0 Å². The van der Waals surface area contributed by atoms with Crippen molar-refractivity contribution in [1.82, 2.24) is 55.9 Å². The van der Waals surface area contributed by atoms with Gasteiger partial charge in [-0.05, 0) is 226 Å². The highest BCUT2D eigenvalue weighted by Gasteiger charge is 2.45. The summed E-state index contributed by atoms with van der Waals surface area (Å²) >= 11 is 28.2. The van der Waals surface area contributed by atoms with E-state index in [4.69, 9.17) is 77.9 Å². The van der Waals surface area contributed by atoms with Crippen molar-refractivity contribution in [3.8, 4) is 24.3 Å². The van der Waals surface area contributed by atoms with Crippen LogP contribution in [0.3, 0.4) is 0 Å². The standard InChI is InChI=1S/C21H29ClN4O2.C19H25ClN4O2.C16H21ClN4.C12H11ClN2O.C9H18N2O2.C3H5ClO2/c1-20(2,3)28-19(27)25-16-8-11-26(13-16)17-6-9-21(14-23,10-7-17)18-5-4-15(22)12-24-18;1-2-26-18(25)23-15-7-10-24(12-15)16-5-8-19(13-21,9-6-16)17-4-3-14(20)11-22-17;17-12-1-2-15(20-9-12)16(11-18)6-3-14(4-7-16)21-8-5-13(19)10-21;13-9-1-2-11(15-7-9)12(8-14)5-3-10(16)4-6-12;1-9(2,3)13-8(12)11-7-4-5-10-6-7;1-2-6-3(4)5/h4-5,12,16-17H,6-11,13H2,1-3H3,(H,25,27);3-4,11,15-16H,2,5-10,12H2,1H3,(H,23,25);1-2,9,13-14H,3-8,10,19H2;1-2,7H,3-6H2;7,10H,4-6H2,1-3H3,(H,11,12);2H2,1H3/t16-,17?,21?;15-,16?,19?;13-,14?,16?;;7-;/m000.0./s1. The highest BCUT2D eigenvalue weighted by molar-refractivity contribution is 6.61. The Morgan fingerprint density at radius 3 is 1.09 bits per heavy atom. The molecule has 4 aromatic heterocycles. The molecular weight excluding hydrogens is 1510 g/mol. The number of hydrogen-bond acceptors (Lipinski definition) is 22. The molecule has 0 unspecified atom stereocenters. The van der Waals surface area contributed by atoms with E-state index >= 15 is 0 Å². The Morgan fingerprint density at radius 2 is 0.818 bits per heavy atom. The number of Topliss-reactive ketones (excluding diaryl/α,β-unsaturated/α-hetero) is 1. The normalized spacial score (nSPS) is 26.5. The monoisotopic (exact) mass is 1610 g/mol. The number of ether oxygens (including phenoxy) is 4. The molecule has 6 N–H and O–H groups in total. The molecule has 4 saturated heterocycles. The number of nitrogens with one attached hydrogen (secondary N) is 4. The van der Waals surface area contributed by atoms with Gasteiger partial charge in [-0.15, -0.1) is 0 Å². The fourth-order valence-corrected chi connectivity index (χ4v) is 16.0. The number of nitrogens with zero attached hydrogens (tertiary/aromatic N) is 11. The van der Waals surface area contributed by atoms with E-state index in [-0.39, 0.29) is 42.2 Å². The molecule has 4 atom stereocenters. The van der Waals surface area contributed by atoms with Gasteiger partial charge >= 0.3 is 23.7 Å². The predicted molar refractivity (Wildman–Crippen MR) is 424 cm³/mol. The Labute approximate surface area is 674 Å². The lowest BCUT2D eigenvalue weighted by molar-refractivity contribution is -0.121. The van der Waals surface area contributed by atoms with E-state index in [0.29, 0.717) is 83.2 Å². The minimum atomic E-state index is -0.738. The van der Waals surface area contributed by atoms with Crippen LogP contribution in [0.2, 0.25) is 20.1 Å². The summed E-state index contributed by atoms with van der Waals surface area (Å²) in [7, 11) is 0. The number of halogens is 5. The van der Waals surface area contributed by atoms with Gasteiger partial charge in [-0.3, -0.25) is 39.4 Å². The zero-order valence-corrected chi connectivity index (χ0v) is 68.5. The fourth-order valence-electron chi connectivity index (χ4n) is 15.5. The molecule has 30 heteroatoms. The first-order valence-electron chi connectivity index (χ1n) is 38.4. The highest BCUT2D eigenvalue weighted by atomic mass is 35.5. The zero-order chi connectivity index (χ0) is 80.3. The topological polar surface area (TPSA) is 353 Å². The number of aromatic nitrogens is 4. The van der Waals surface area contributed by atoms with Crippen molar-refractivity contribution >= 4 is 87.5 Å². The third-order valence-electron chi connectivity index (χ3n) is 21.4. The molecule has 12 rings (SSSR count). The minimum Gasteiger partial charge on any atom is -0.454 e. The summed E-state index contributed by atoms with van der Waals surface area (Å²) in [4.78, 5) is 80.4. The van der Waals surface area contributed by atoms with Gasteiger partial charge in [-0.2, -0.15) is 21.0 Å². The van der Waals surface area contributed by atoms with Crippen molar-refractivity contribution in [2.75, 3.05) is 65.6 Å². The number of nitriles is 4. The molecule has 8 heterocycles. The molecule has 25 nitrogen and oxygen atoms in total. The van der Waals surface area contributed by atoms with Gasteiger partial charge in [0.25, 0.3) is 0 Å². The number of ketones is 1. The molecule has 0 radical (unpaired) electrons. The Hall–Kier alpha value is -7.24. The maximum atomic E-state index is 12.0. The molecular formula is C80H109Cl5N16O9. The summed E-state index contributed by atoms with van der Waals surface area (Å²) < 4.78 is 19.6. The summed E-state index contributed by atoms with van der Waals surface area (Å²) in [5.41, 5.74) is 5.54. The molecule has 0 bridgehead atoms. The second-order valence-electron chi connectivity index (χ2n) is 31.5. The number of rotatable bonds is 12. The van der Waals surface area contributed by atoms with Crippen LogP contribution < -0.4 is 27.0 Å². The summed E-state index contributed by atoms with van der Waals surface area (Å²) in [6.45, 7) is 23.0. The molecule has 4 aromatic rings. The van der Waals surface area contributed by atoms with Gasteiger partial charge in [0, 0.05) is 137 Å². The van der Waals surface area contributed by atoms with Crippen LogP contribution in [0.1, 0.15) is 207 Å². The van der Waals surface area contributed by atoms with E-state index in [0.717, 1.165) is 178 Å². The van der Waals surface area contributed by atoms with Crippen LogP contribution in [-0.2, 0) is 45.4 Å². The average molecular weight is 1620 g/mol. The van der Waals surface area contributed by atoms with Gasteiger partial charge in [0.15, 0.2) is 0 Å². The van der Waals surface area contributed by atoms with Crippen molar-refractivity contribution in [2.45, 2.75) is 259 Å². The Balaban J connectivity index is 0.000000191. The van der Waals surface area contributed by atoms with Gasteiger partial charge in [-0.1, -0.05) is 46.4 Å². The van der Waals surface area contributed by atoms with E-state index in [2.05, 4.69) is 84.9 Å². The lowest BCUT2D eigenvalue weighted by Gasteiger charge is -2.38. The first-order valence-corrected chi connectivity index (χ1v) is 40.3. The first kappa shape index (κ1) is 90.0. The fraction of sp³-hybridized carbons (Fsp3) is 0.637. The Bertz CT molecular complexity index is 3770. The lowest BCUT2D eigenvalue weighted by atomic mass is 9.71. The average Bonchev–Trinajstić information content (AvgIpc) is 1.25. The summed E-state index contributed by atoms with van der Waals surface area (Å²) in [5.74, 6) is 0.236. The van der Waals surface area contributed by atoms with Gasteiger partial charge < -0.3 is 45.9 Å². The van der Waals surface area contributed by atoms with E-state index in [1.165, 1.54) is 0 Å². The third kappa shape index (κ3) is 27.6. The second kappa shape index (κ2) is 42.6. The number of nitrogens with two attached hydrogens (primary N) is 1. The van der Waals surface area contributed by atoms with Crippen molar-refractivity contribution < 1.29 is 42.9 Å². The van der Waals surface area contributed by atoms with Crippen LogP contribution in [0.25, 0.3) is 0 Å². The van der Waals surface area contributed by atoms with Crippen molar-refractivity contribution in [3.63, 3.8) is 0 Å². The van der Waals surface area contributed by atoms with Crippen LogP contribution in [0.15, 0.2) is 73.3 Å². The molecule has 0 aromatic carbocycles. The lowest BCUT2D eigenvalue weighted by Crippen LogP contribution is -2.44. The molecule has 8 aliphatic rings. The van der Waals surface area contributed by atoms with E-state index < -0.39 is 38.3 Å². The Morgan fingerprint density at radius 1 is 0.491 bits per heavy atom. The quantitative estimate of drug-likeness (QED) is 0.0649. The molecule has 4 aliphatic carbocycles. The van der Waals surface area contributed by atoms with Crippen molar-refractivity contribution in [2.24, 2.45) is 5.73 Å². The SMILES string of the molecule is CC(C)(C)OC(=O)N[C@H]1CCN(C2CCC(C#N)(c3ccc(Cl)cn3)CC2)C1.CC(C)(C)OC(=O)N[C@H]1CCNC1.CCOC(=O)Cl.CCOC(=O)N[C@H]1CCN(C2CCC(C#N)(c3ccc(Cl)cn3)CC2)C1.N#CC1(c2ccc(Cl)cn2)CCC(=O)CC1.N#CC1(c2ccc(Cl)cn2)CCC(N2CC[C@H](N)C2)CC1. The molecule has 4 aliphatic heterocycles. The van der Waals surface area contributed by atoms with Gasteiger partial charge in [0.2, 0.25) is 0 Å². The summed E-state index contributed by atoms with van der Waals surface area (Å²) in [6.07, 6.45) is 22.3. The number of alkyl carbamates (subject to hydrolysis) is 3. The third-order valence-corrected chi connectivity index (χ3v) is 22.4. The Kier molecular flexibility index (Phi) is 34.8. The highest BCUT2D eigenvalue weighted by Crippen LogP contribution is 2.44. The van der Waals surface area contributed by atoms with Gasteiger partial charge in [0.05, 0.1) is 96.6 Å². The maximum Gasteiger partial charge on any atom is 0.407 e. The van der Waals surface area contributed by atoms with Crippen molar-refractivity contribution in [1.29, 1.82) is 21.0 Å². The summed E-state index contributed by atoms with van der Waals surface area (Å²) in [5, 5.41) is 52.9. The van der Waals surface area contributed by atoms with Crippen LogP contribution in [0.5, 0.6) is 0 Å². The van der Waals surface area contributed by atoms with Crippen LogP contribution in [0.4, 0.5) is 19.2 Å². The molecule has 0 spiro atoms. The molecule has 3 amide bonds. The largest absolute Gasteiger partial charge is 0.454 e. The van der Waals surface area contributed by atoms with E-state index in [1.54, 1.807) is 56.8 Å². The maximum absolute atomic E-state index is 12.0. The van der Waals surface area contributed by atoms with Crippen molar-refractivity contribution in [3.05, 3.63) is 116 Å². The number of likely N-dealkylation sites (tertiary alicyclic amines) is 3. The number of amides is 3. The van der Waals surface area contributed by atoms with E-state index in [9.17, 15) is 45.0 Å². The number of carbonyl (C=O) groups is 5. The van der Waals surface area contributed by atoms with Crippen LogP contribution in [0, 0.1) is 45.3 Å². The molecule has 4 saturated carbocycles. The summed E-state index contributed by atoms with van der Waals surface area (Å²) in [6, 6.07) is 26.8. The molecule has 8 fully saturated rings. The second-order valence-corrected chi connectivity index (χ2v) is 33.5. The van der Waals surface area contributed by atoms with E-state index in [1.807, 2.05) is 71.9 Å². The number of hydrogen-bond donors (Lipinski definition) is 5. The van der Waals surface area contributed by atoms with Gasteiger partial charge in [-0.25, -0.2) is 19.2 Å². The van der Waals surface area contributed by atoms with Gasteiger partial charge in [0.1, 0.15) is 22.4 Å². The first-order chi connectivity index (χ1) is 52.3. The predicted octanol–water partition coefficient (Wildman–Crippen LogP) is 14.7.